The molecule has 1 aliphatic rings. The Labute approximate surface area is 122 Å². The number of nitro groups is 1. The van der Waals surface area contributed by atoms with Crippen LogP contribution < -0.4 is 4.90 Å². The number of nitro benzene ring substituents is 1. The van der Waals surface area contributed by atoms with Crippen molar-refractivity contribution in [2.24, 2.45) is 0 Å². The molecule has 0 saturated carbocycles. The maximum atomic E-state index is 11.3. The molecule has 19 heavy (non-hydrogen) atoms. The molecular weight excluding hydrogens is 308 g/mol. The number of halogens is 1. The minimum atomic E-state index is -0.261. The molecule has 5 heteroatoms. The minimum Gasteiger partial charge on any atom is -0.363 e. The molecule has 2 rings (SSSR count). The second-order valence-corrected chi connectivity index (χ2v) is 5.53. The zero-order valence-corrected chi connectivity index (χ0v) is 12.7. The lowest BCUT2D eigenvalue weighted by molar-refractivity contribution is -0.384. The normalized spacial score (nSPS) is 19.5. The number of alkyl halides is 1. The predicted octanol–water partition coefficient (Wildman–Crippen LogP) is 4.26. The van der Waals surface area contributed by atoms with Gasteiger partial charge in [-0.1, -0.05) is 28.9 Å². The summed E-state index contributed by atoms with van der Waals surface area (Å²) in [7, 11) is 0. The smallest absolute Gasteiger partial charge is 0.292 e. The maximum Gasteiger partial charge on any atom is 0.292 e. The second kappa shape index (κ2) is 6.37. The summed E-state index contributed by atoms with van der Waals surface area (Å²) < 4.78 is 0. The predicted molar refractivity (Wildman–Crippen MR) is 81.0 cm³/mol. The number of nitrogens with zero attached hydrogens (tertiary/aromatic N) is 2. The molecule has 0 aliphatic carbocycles. The highest BCUT2D eigenvalue weighted by Gasteiger charge is 2.27. The van der Waals surface area contributed by atoms with Gasteiger partial charge in [0.05, 0.1) is 4.92 Å². The molecule has 1 aromatic carbocycles. The third kappa shape index (κ3) is 3.08. The van der Waals surface area contributed by atoms with Crippen molar-refractivity contribution in [3.8, 4) is 0 Å². The molecule has 0 bridgehead atoms. The summed E-state index contributed by atoms with van der Waals surface area (Å²) in [4.78, 5) is 13.3. The molecule has 1 aromatic rings. The van der Waals surface area contributed by atoms with E-state index in [0.29, 0.717) is 11.4 Å². The number of anilines is 1. The van der Waals surface area contributed by atoms with Crippen LogP contribution in [-0.4, -0.2) is 17.5 Å². The Bertz CT molecular complexity index is 465. The summed E-state index contributed by atoms with van der Waals surface area (Å²) >= 11 is 3.35. The van der Waals surface area contributed by atoms with Crippen molar-refractivity contribution in [1.82, 2.24) is 0 Å². The van der Waals surface area contributed by atoms with Gasteiger partial charge >= 0.3 is 0 Å². The summed E-state index contributed by atoms with van der Waals surface area (Å²) in [6.45, 7) is 3.08. The van der Waals surface area contributed by atoms with E-state index in [0.717, 1.165) is 37.1 Å². The topological polar surface area (TPSA) is 46.4 Å². The fourth-order valence-electron chi connectivity index (χ4n) is 2.78. The molecule has 0 N–H and O–H groups in total. The van der Waals surface area contributed by atoms with Crippen LogP contribution in [0.2, 0.25) is 0 Å². The van der Waals surface area contributed by atoms with Gasteiger partial charge in [0, 0.05) is 24.0 Å². The van der Waals surface area contributed by atoms with Crippen molar-refractivity contribution in [2.75, 3.05) is 11.4 Å². The Morgan fingerprint density at radius 1 is 1.47 bits per heavy atom. The van der Waals surface area contributed by atoms with E-state index in [1.54, 1.807) is 6.07 Å². The number of hydrogen-bond donors (Lipinski definition) is 0. The molecule has 1 saturated heterocycles. The van der Waals surface area contributed by atoms with E-state index in [-0.39, 0.29) is 10.6 Å². The third-order valence-electron chi connectivity index (χ3n) is 3.80. The Kier molecular flexibility index (Phi) is 4.80. The standard InChI is InChI=1S/C14H19BrN2O2/c1-2-12-5-3-4-8-16(12)13-7-6-11(10-15)9-14(13)17(18)19/h6-7,9,12H,2-5,8,10H2,1H3. The summed E-state index contributed by atoms with van der Waals surface area (Å²) in [5.41, 5.74) is 1.96. The van der Waals surface area contributed by atoms with E-state index >= 15 is 0 Å². The van der Waals surface area contributed by atoms with E-state index in [2.05, 4.69) is 27.8 Å². The van der Waals surface area contributed by atoms with E-state index in [1.165, 1.54) is 6.42 Å². The first-order valence-electron chi connectivity index (χ1n) is 6.77. The Balaban J connectivity index is 2.39. The number of hydrogen-bond acceptors (Lipinski definition) is 3. The Hall–Kier alpha value is -1.10. The minimum absolute atomic E-state index is 0.234. The van der Waals surface area contributed by atoms with Crippen molar-refractivity contribution in [3.63, 3.8) is 0 Å². The SMILES string of the molecule is CCC1CCCCN1c1ccc(CBr)cc1[N+](=O)[O-]. The average Bonchev–Trinajstić information content (AvgIpc) is 2.46. The van der Waals surface area contributed by atoms with Gasteiger partial charge in [-0.15, -0.1) is 0 Å². The van der Waals surface area contributed by atoms with Gasteiger partial charge in [-0.05, 0) is 37.3 Å². The van der Waals surface area contributed by atoms with Gasteiger partial charge in [0.2, 0.25) is 0 Å². The van der Waals surface area contributed by atoms with Crippen molar-refractivity contribution in [2.45, 2.75) is 44.0 Å². The van der Waals surface area contributed by atoms with Crippen molar-refractivity contribution < 1.29 is 4.92 Å². The summed E-state index contributed by atoms with van der Waals surface area (Å²) in [5.74, 6) is 0. The van der Waals surface area contributed by atoms with E-state index in [1.807, 2.05) is 12.1 Å². The lowest BCUT2D eigenvalue weighted by Gasteiger charge is -2.36. The van der Waals surface area contributed by atoms with Crippen LogP contribution in [0.5, 0.6) is 0 Å². The zero-order chi connectivity index (χ0) is 13.8. The van der Waals surface area contributed by atoms with Crippen LogP contribution in [-0.2, 0) is 5.33 Å². The Morgan fingerprint density at radius 2 is 2.26 bits per heavy atom. The molecular formula is C14H19BrN2O2. The van der Waals surface area contributed by atoms with Gasteiger partial charge in [-0.2, -0.15) is 0 Å². The van der Waals surface area contributed by atoms with Crippen LogP contribution >= 0.6 is 15.9 Å². The molecule has 104 valence electrons. The van der Waals surface area contributed by atoms with Gasteiger partial charge in [-0.25, -0.2) is 0 Å². The molecule has 0 aromatic heterocycles. The second-order valence-electron chi connectivity index (χ2n) is 4.97. The van der Waals surface area contributed by atoms with E-state index in [9.17, 15) is 10.1 Å². The molecule has 0 spiro atoms. The van der Waals surface area contributed by atoms with Crippen molar-refractivity contribution >= 4 is 27.3 Å². The zero-order valence-electron chi connectivity index (χ0n) is 11.1. The number of rotatable bonds is 4. The number of benzene rings is 1. The highest BCUT2D eigenvalue weighted by molar-refractivity contribution is 9.08. The van der Waals surface area contributed by atoms with Crippen LogP contribution in [0.3, 0.4) is 0 Å². The van der Waals surface area contributed by atoms with Crippen LogP contribution in [0.25, 0.3) is 0 Å². The average molecular weight is 327 g/mol. The van der Waals surface area contributed by atoms with Crippen molar-refractivity contribution in [1.29, 1.82) is 0 Å². The van der Waals surface area contributed by atoms with E-state index < -0.39 is 0 Å². The van der Waals surface area contributed by atoms with E-state index in [4.69, 9.17) is 0 Å². The fourth-order valence-corrected chi connectivity index (χ4v) is 3.13. The first kappa shape index (κ1) is 14.3. The molecule has 1 unspecified atom stereocenters. The van der Waals surface area contributed by atoms with Gasteiger partial charge < -0.3 is 4.90 Å². The van der Waals surface area contributed by atoms with Crippen molar-refractivity contribution in [3.05, 3.63) is 33.9 Å². The molecule has 1 aliphatic heterocycles. The molecule has 0 amide bonds. The molecule has 0 radical (unpaired) electrons. The summed E-state index contributed by atoms with van der Waals surface area (Å²) in [6.07, 6.45) is 4.52. The molecule has 1 fully saturated rings. The summed E-state index contributed by atoms with van der Waals surface area (Å²) in [5, 5.41) is 11.9. The van der Waals surface area contributed by atoms with Crippen LogP contribution in [0.1, 0.15) is 38.2 Å². The quantitative estimate of drug-likeness (QED) is 0.472. The highest BCUT2D eigenvalue weighted by atomic mass is 79.9. The molecule has 1 heterocycles. The molecule has 4 nitrogen and oxygen atoms in total. The third-order valence-corrected chi connectivity index (χ3v) is 4.45. The molecule has 1 atom stereocenters. The highest BCUT2D eigenvalue weighted by Crippen LogP contribution is 2.34. The number of piperidine rings is 1. The van der Waals surface area contributed by atoms with Crippen LogP contribution in [0.4, 0.5) is 11.4 Å². The van der Waals surface area contributed by atoms with Gasteiger partial charge in [0.25, 0.3) is 5.69 Å². The largest absolute Gasteiger partial charge is 0.363 e. The van der Waals surface area contributed by atoms with Crippen LogP contribution in [0.15, 0.2) is 18.2 Å². The first-order chi connectivity index (χ1) is 9.17. The van der Waals surface area contributed by atoms with Gasteiger partial charge in [0.15, 0.2) is 0 Å². The van der Waals surface area contributed by atoms with Gasteiger partial charge in [-0.3, -0.25) is 10.1 Å². The Morgan fingerprint density at radius 3 is 2.89 bits per heavy atom. The maximum absolute atomic E-state index is 11.3. The van der Waals surface area contributed by atoms with Crippen LogP contribution in [0, 0.1) is 10.1 Å². The van der Waals surface area contributed by atoms with Gasteiger partial charge in [0.1, 0.15) is 5.69 Å². The lowest BCUT2D eigenvalue weighted by Crippen LogP contribution is -2.39. The fraction of sp³-hybridized carbons (Fsp3) is 0.571. The summed E-state index contributed by atoms with van der Waals surface area (Å²) in [6, 6.07) is 5.99. The lowest BCUT2D eigenvalue weighted by atomic mass is 9.98. The first-order valence-corrected chi connectivity index (χ1v) is 7.89. The monoisotopic (exact) mass is 326 g/mol.